The Morgan fingerprint density at radius 3 is 2.94 bits per heavy atom. The monoisotopic (exact) mass is 300 g/mol. The number of thioether (sulfide) groups is 2. The van der Waals surface area contributed by atoms with Gasteiger partial charge in [0.25, 0.3) is 0 Å². The molecule has 0 spiro atoms. The first kappa shape index (κ1) is 13.3. The van der Waals surface area contributed by atoms with Crippen molar-refractivity contribution in [3.05, 3.63) is 16.1 Å². The van der Waals surface area contributed by atoms with Crippen molar-refractivity contribution < 1.29 is 0 Å². The summed E-state index contributed by atoms with van der Waals surface area (Å²) in [6.45, 7) is 3.27. The molecule has 2 fully saturated rings. The molecule has 1 saturated carbocycles. The van der Waals surface area contributed by atoms with Crippen molar-refractivity contribution in [3.63, 3.8) is 0 Å². The van der Waals surface area contributed by atoms with Crippen LogP contribution in [0.1, 0.15) is 42.1 Å². The van der Waals surface area contributed by atoms with Crippen LogP contribution in [-0.4, -0.2) is 27.8 Å². The predicted molar refractivity (Wildman–Crippen MR) is 83.7 cm³/mol. The van der Waals surface area contributed by atoms with Crippen molar-refractivity contribution in [1.29, 1.82) is 0 Å². The minimum atomic E-state index is 0.633. The molecule has 100 valence electrons. The molecule has 3 rings (SSSR count). The maximum Gasteiger partial charge on any atom is 0.107 e. The molecule has 2 aliphatic rings. The molecule has 0 radical (unpaired) electrons. The van der Waals surface area contributed by atoms with Crippen molar-refractivity contribution in [2.45, 2.75) is 49.3 Å². The summed E-state index contributed by atoms with van der Waals surface area (Å²) in [6, 6.07) is 0.776. The Hall–Kier alpha value is 0.290. The van der Waals surface area contributed by atoms with Crippen LogP contribution in [0.15, 0.2) is 5.38 Å². The van der Waals surface area contributed by atoms with Crippen molar-refractivity contribution in [2.24, 2.45) is 0 Å². The van der Waals surface area contributed by atoms with Crippen LogP contribution in [-0.2, 0) is 6.54 Å². The molecule has 1 saturated heterocycles. The quantitative estimate of drug-likeness (QED) is 0.896. The average Bonchev–Trinajstić information content (AvgIpc) is 3.13. The molecular weight excluding hydrogens is 280 g/mol. The van der Waals surface area contributed by atoms with E-state index in [1.165, 1.54) is 41.5 Å². The number of nitrogens with one attached hydrogen (secondary N) is 1. The van der Waals surface area contributed by atoms with Gasteiger partial charge in [-0.15, -0.1) is 23.1 Å². The molecule has 2 heterocycles. The summed E-state index contributed by atoms with van der Waals surface area (Å²) in [5, 5.41) is 8.54. The first-order chi connectivity index (χ1) is 8.86. The first-order valence-corrected chi connectivity index (χ1v) is 9.75. The van der Waals surface area contributed by atoms with E-state index < -0.39 is 0 Å². The molecule has 1 N–H and O–H groups in total. The third-order valence-electron chi connectivity index (χ3n) is 3.41. The highest BCUT2D eigenvalue weighted by Gasteiger charge is 2.29. The van der Waals surface area contributed by atoms with Crippen molar-refractivity contribution in [3.8, 4) is 0 Å². The normalized spacial score (nSPS) is 28.5. The maximum atomic E-state index is 4.85. The second-order valence-corrected chi connectivity index (χ2v) is 8.43. The van der Waals surface area contributed by atoms with Gasteiger partial charge in [0.15, 0.2) is 0 Å². The zero-order valence-electron chi connectivity index (χ0n) is 10.7. The molecule has 2 nitrogen and oxygen atoms in total. The minimum Gasteiger partial charge on any atom is -0.308 e. The summed E-state index contributed by atoms with van der Waals surface area (Å²) >= 11 is 6.10. The van der Waals surface area contributed by atoms with E-state index in [0.29, 0.717) is 5.25 Å². The van der Waals surface area contributed by atoms with Gasteiger partial charge in [0.1, 0.15) is 5.01 Å². The molecule has 18 heavy (non-hydrogen) atoms. The van der Waals surface area contributed by atoms with Crippen LogP contribution in [0.2, 0.25) is 0 Å². The van der Waals surface area contributed by atoms with E-state index >= 15 is 0 Å². The largest absolute Gasteiger partial charge is 0.308 e. The third-order valence-corrected chi connectivity index (χ3v) is 7.80. The van der Waals surface area contributed by atoms with Gasteiger partial charge < -0.3 is 5.32 Å². The van der Waals surface area contributed by atoms with E-state index in [9.17, 15) is 0 Å². The van der Waals surface area contributed by atoms with Gasteiger partial charge in [-0.2, -0.15) is 11.8 Å². The molecule has 2 unspecified atom stereocenters. The van der Waals surface area contributed by atoms with Gasteiger partial charge in [0.2, 0.25) is 0 Å². The van der Waals surface area contributed by atoms with Gasteiger partial charge in [-0.1, -0.05) is 6.92 Å². The fourth-order valence-electron chi connectivity index (χ4n) is 2.20. The maximum absolute atomic E-state index is 4.85. The molecule has 1 aliphatic carbocycles. The second kappa shape index (κ2) is 6.16. The van der Waals surface area contributed by atoms with Crippen LogP contribution in [0.5, 0.6) is 0 Å². The first-order valence-electron chi connectivity index (χ1n) is 6.77. The highest BCUT2D eigenvalue weighted by Crippen LogP contribution is 2.44. The lowest BCUT2D eigenvalue weighted by Gasteiger charge is -2.28. The molecule has 1 aliphatic heterocycles. The van der Waals surface area contributed by atoms with E-state index in [1.54, 1.807) is 0 Å². The Morgan fingerprint density at radius 2 is 2.17 bits per heavy atom. The molecule has 2 atom stereocenters. The van der Waals surface area contributed by atoms with Crippen LogP contribution in [0.25, 0.3) is 0 Å². The number of rotatable bonds is 5. The minimum absolute atomic E-state index is 0.633. The highest BCUT2D eigenvalue weighted by molar-refractivity contribution is 8.06. The Bertz CT molecular complexity index is 389. The lowest BCUT2D eigenvalue weighted by atomic mass is 10.2. The lowest BCUT2D eigenvalue weighted by Crippen LogP contribution is -2.19. The van der Waals surface area contributed by atoms with E-state index in [0.717, 1.165) is 17.8 Å². The highest BCUT2D eigenvalue weighted by atomic mass is 32.2. The van der Waals surface area contributed by atoms with Gasteiger partial charge in [-0.25, -0.2) is 4.98 Å². The smallest absolute Gasteiger partial charge is 0.107 e. The van der Waals surface area contributed by atoms with Gasteiger partial charge in [0, 0.05) is 34.7 Å². The zero-order chi connectivity index (χ0) is 12.4. The molecule has 1 aromatic heterocycles. The van der Waals surface area contributed by atoms with Crippen LogP contribution >= 0.6 is 34.9 Å². The molecule has 0 amide bonds. The number of hydrogen-bond donors (Lipinski definition) is 1. The summed E-state index contributed by atoms with van der Waals surface area (Å²) in [5.41, 5.74) is 1.24. The summed E-state index contributed by atoms with van der Waals surface area (Å²) in [6.07, 6.45) is 3.96. The fraction of sp³-hybridized carbons (Fsp3) is 0.769. The zero-order valence-corrected chi connectivity index (χ0v) is 13.2. The summed E-state index contributed by atoms with van der Waals surface area (Å²) < 4.78 is 0. The van der Waals surface area contributed by atoms with Crippen molar-refractivity contribution in [2.75, 3.05) is 11.5 Å². The van der Waals surface area contributed by atoms with E-state index in [1.807, 2.05) is 11.3 Å². The topological polar surface area (TPSA) is 24.9 Å². The predicted octanol–water partition coefficient (Wildman–Crippen LogP) is 3.69. The summed E-state index contributed by atoms with van der Waals surface area (Å²) in [7, 11) is 0. The number of aromatic nitrogens is 1. The van der Waals surface area contributed by atoms with Gasteiger partial charge in [0.05, 0.1) is 10.9 Å². The number of hydrogen-bond acceptors (Lipinski definition) is 5. The van der Waals surface area contributed by atoms with Crippen LogP contribution in [0.3, 0.4) is 0 Å². The number of thiazole rings is 1. The third kappa shape index (κ3) is 3.24. The van der Waals surface area contributed by atoms with Crippen LogP contribution < -0.4 is 5.32 Å². The fourth-order valence-corrected chi connectivity index (χ4v) is 6.46. The lowest BCUT2D eigenvalue weighted by molar-refractivity contribution is 0.673. The molecule has 5 heteroatoms. The average molecular weight is 301 g/mol. The Labute approximate surface area is 122 Å². The standard InChI is InChI=1S/C13H20N2S3/c1-2-11-12(17-6-5-16-11)13-15-10(8-18-13)7-14-9-3-4-9/h8-9,11-12,14H,2-7H2,1H3. The Kier molecular flexibility index (Phi) is 4.55. The Balaban J connectivity index is 1.62. The second-order valence-electron chi connectivity index (χ2n) is 4.94. The molecule has 0 bridgehead atoms. The SMILES string of the molecule is CCC1SCCSC1c1nc(CNC2CC2)cs1. The molecule has 1 aromatic rings. The van der Waals surface area contributed by atoms with Crippen molar-refractivity contribution >= 4 is 34.9 Å². The van der Waals surface area contributed by atoms with Crippen molar-refractivity contribution in [1.82, 2.24) is 10.3 Å². The Morgan fingerprint density at radius 1 is 1.33 bits per heavy atom. The van der Waals surface area contributed by atoms with Gasteiger partial charge >= 0.3 is 0 Å². The molecular formula is C13H20N2S3. The molecule has 0 aromatic carbocycles. The summed E-state index contributed by atoms with van der Waals surface area (Å²) in [5.74, 6) is 2.59. The number of nitrogens with zero attached hydrogens (tertiary/aromatic N) is 1. The summed E-state index contributed by atoms with van der Waals surface area (Å²) in [4.78, 5) is 4.85. The van der Waals surface area contributed by atoms with Crippen LogP contribution in [0.4, 0.5) is 0 Å². The van der Waals surface area contributed by atoms with E-state index in [-0.39, 0.29) is 0 Å². The van der Waals surface area contributed by atoms with Crippen LogP contribution in [0, 0.1) is 0 Å². The van der Waals surface area contributed by atoms with Gasteiger partial charge in [-0.3, -0.25) is 0 Å². The van der Waals surface area contributed by atoms with E-state index in [4.69, 9.17) is 4.98 Å². The van der Waals surface area contributed by atoms with Gasteiger partial charge in [-0.05, 0) is 19.3 Å². The van der Waals surface area contributed by atoms with E-state index in [2.05, 4.69) is 41.1 Å².